The zero-order valence-electron chi connectivity index (χ0n) is 8.87. The highest BCUT2D eigenvalue weighted by atomic mass is 19.4. The zero-order valence-corrected chi connectivity index (χ0v) is 8.87. The van der Waals surface area contributed by atoms with Crippen LogP contribution in [0, 0.1) is 0 Å². The lowest BCUT2D eigenvalue weighted by molar-refractivity contribution is -0.139. The van der Waals surface area contributed by atoms with Crippen LogP contribution < -0.4 is 5.73 Å². The average molecular weight is 247 g/mol. The summed E-state index contributed by atoms with van der Waals surface area (Å²) in [5.74, 6) is -1.11. The van der Waals surface area contributed by atoms with Crippen molar-refractivity contribution in [2.75, 3.05) is 0 Å². The summed E-state index contributed by atoms with van der Waals surface area (Å²) >= 11 is 0. The van der Waals surface area contributed by atoms with Crippen molar-refractivity contribution in [3.05, 3.63) is 35.4 Å². The third-order valence-corrected chi connectivity index (χ3v) is 2.34. The lowest BCUT2D eigenvalue weighted by Crippen LogP contribution is -2.30. The molecular weight excluding hydrogens is 235 g/mol. The summed E-state index contributed by atoms with van der Waals surface area (Å²) in [7, 11) is 0. The van der Waals surface area contributed by atoms with Crippen molar-refractivity contribution in [2.45, 2.75) is 25.1 Å². The fraction of sp³-hybridized carbons (Fsp3) is 0.364. The van der Waals surface area contributed by atoms with Gasteiger partial charge >= 0.3 is 12.1 Å². The van der Waals surface area contributed by atoms with Gasteiger partial charge in [-0.25, -0.2) is 0 Å². The highest BCUT2D eigenvalue weighted by molar-refractivity contribution is 5.73. The Hall–Kier alpha value is -1.56. The number of hydrogen-bond donors (Lipinski definition) is 2. The minimum Gasteiger partial charge on any atom is -0.480 e. The first-order chi connectivity index (χ1) is 7.80. The van der Waals surface area contributed by atoms with Gasteiger partial charge in [-0.15, -0.1) is 0 Å². The Balaban J connectivity index is 2.60. The van der Waals surface area contributed by atoms with Crippen LogP contribution >= 0.6 is 0 Å². The SMILES string of the molecule is N[C@H](CCc1ccc(C(F)(F)F)cc1)C(=O)O. The summed E-state index contributed by atoms with van der Waals surface area (Å²) in [6, 6.07) is 3.62. The third-order valence-electron chi connectivity index (χ3n) is 2.34. The molecule has 1 aromatic rings. The van der Waals surface area contributed by atoms with E-state index in [0.717, 1.165) is 12.1 Å². The van der Waals surface area contributed by atoms with Crippen LogP contribution in [0.15, 0.2) is 24.3 Å². The molecule has 3 N–H and O–H groups in total. The van der Waals surface area contributed by atoms with E-state index in [1.165, 1.54) is 12.1 Å². The number of carboxylic acids is 1. The molecule has 0 aliphatic heterocycles. The van der Waals surface area contributed by atoms with Crippen LogP contribution in [-0.2, 0) is 17.4 Å². The minimum absolute atomic E-state index is 0.195. The average Bonchev–Trinajstić information content (AvgIpc) is 2.25. The highest BCUT2D eigenvalue weighted by Gasteiger charge is 2.29. The van der Waals surface area contributed by atoms with E-state index in [4.69, 9.17) is 10.8 Å². The van der Waals surface area contributed by atoms with Crippen LogP contribution in [0.2, 0.25) is 0 Å². The van der Waals surface area contributed by atoms with E-state index in [2.05, 4.69) is 0 Å². The molecule has 0 unspecified atom stereocenters. The second-order valence-corrected chi connectivity index (χ2v) is 3.68. The van der Waals surface area contributed by atoms with E-state index >= 15 is 0 Å². The van der Waals surface area contributed by atoms with E-state index in [1.54, 1.807) is 0 Å². The van der Waals surface area contributed by atoms with Crippen LogP contribution in [0.1, 0.15) is 17.5 Å². The Labute approximate surface area is 96.0 Å². The number of nitrogens with two attached hydrogens (primary N) is 1. The number of carboxylic acid groups (broad SMARTS) is 1. The second kappa shape index (κ2) is 5.18. The molecular formula is C11H12F3NO2. The number of halogens is 3. The maximum atomic E-state index is 12.2. The van der Waals surface area contributed by atoms with Gasteiger partial charge in [0.15, 0.2) is 0 Å². The molecule has 0 amide bonds. The molecule has 0 heterocycles. The molecule has 17 heavy (non-hydrogen) atoms. The van der Waals surface area contributed by atoms with Crippen LogP contribution in [0.5, 0.6) is 0 Å². The first kappa shape index (κ1) is 13.5. The van der Waals surface area contributed by atoms with Gasteiger partial charge in [0.1, 0.15) is 6.04 Å². The van der Waals surface area contributed by atoms with E-state index in [1.807, 2.05) is 0 Å². The standard InChI is InChI=1S/C11H12F3NO2/c12-11(13,14)8-4-1-7(2-5-8)3-6-9(15)10(16)17/h1-2,4-5,9H,3,6,15H2,(H,16,17)/t9-/m1/s1. The summed E-state index contributed by atoms with van der Waals surface area (Å²) in [6.07, 6.45) is -3.82. The third kappa shape index (κ3) is 4.07. The Kier molecular flexibility index (Phi) is 4.11. The Morgan fingerprint density at radius 2 is 1.82 bits per heavy atom. The first-order valence-electron chi connectivity index (χ1n) is 4.95. The van der Waals surface area contributed by atoms with E-state index in [-0.39, 0.29) is 6.42 Å². The minimum atomic E-state index is -4.35. The van der Waals surface area contributed by atoms with Gasteiger partial charge < -0.3 is 10.8 Å². The summed E-state index contributed by atoms with van der Waals surface area (Å²) in [4.78, 5) is 10.4. The van der Waals surface area contributed by atoms with Gasteiger partial charge in [0.05, 0.1) is 5.56 Å². The van der Waals surface area contributed by atoms with Crippen molar-refractivity contribution in [2.24, 2.45) is 5.73 Å². The van der Waals surface area contributed by atoms with E-state index in [9.17, 15) is 18.0 Å². The molecule has 0 spiro atoms. The van der Waals surface area contributed by atoms with Crippen LogP contribution in [-0.4, -0.2) is 17.1 Å². The highest BCUT2D eigenvalue weighted by Crippen LogP contribution is 2.29. The normalized spacial score (nSPS) is 13.4. The molecule has 0 bridgehead atoms. The lowest BCUT2D eigenvalue weighted by Gasteiger charge is -2.08. The summed E-state index contributed by atoms with van der Waals surface area (Å²) in [5, 5.41) is 8.54. The molecule has 0 radical (unpaired) electrons. The summed E-state index contributed by atoms with van der Waals surface area (Å²) < 4.78 is 36.7. The van der Waals surface area contributed by atoms with E-state index < -0.39 is 23.8 Å². The van der Waals surface area contributed by atoms with Gasteiger partial charge in [-0.3, -0.25) is 4.79 Å². The number of aryl methyl sites for hydroxylation is 1. The van der Waals surface area contributed by atoms with Crippen LogP contribution in [0.3, 0.4) is 0 Å². The fourth-order valence-electron chi connectivity index (χ4n) is 1.31. The molecule has 1 aromatic carbocycles. The Bertz CT molecular complexity index is 387. The number of rotatable bonds is 4. The number of benzene rings is 1. The molecule has 0 aliphatic carbocycles. The van der Waals surface area contributed by atoms with Crippen molar-refractivity contribution in [1.82, 2.24) is 0 Å². The quantitative estimate of drug-likeness (QED) is 0.855. The van der Waals surface area contributed by atoms with Gasteiger partial charge in [-0.05, 0) is 30.5 Å². The number of aliphatic carboxylic acids is 1. The molecule has 6 heteroatoms. The summed E-state index contributed by atoms with van der Waals surface area (Å²) in [5.41, 5.74) is 5.20. The summed E-state index contributed by atoms with van der Waals surface area (Å²) in [6.45, 7) is 0. The van der Waals surface area contributed by atoms with Crippen molar-refractivity contribution < 1.29 is 23.1 Å². The maximum Gasteiger partial charge on any atom is 0.416 e. The van der Waals surface area contributed by atoms with Gasteiger partial charge in [0, 0.05) is 0 Å². The van der Waals surface area contributed by atoms with E-state index in [0.29, 0.717) is 12.0 Å². The Morgan fingerprint density at radius 1 is 1.29 bits per heavy atom. The molecule has 0 saturated heterocycles. The van der Waals surface area contributed by atoms with Crippen molar-refractivity contribution in [3.63, 3.8) is 0 Å². The first-order valence-corrected chi connectivity index (χ1v) is 4.95. The predicted octanol–water partition coefficient (Wildman–Crippen LogP) is 2.05. The molecule has 0 saturated carbocycles. The van der Waals surface area contributed by atoms with Crippen LogP contribution in [0.4, 0.5) is 13.2 Å². The molecule has 1 rings (SSSR count). The smallest absolute Gasteiger partial charge is 0.416 e. The largest absolute Gasteiger partial charge is 0.480 e. The topological polar surface area (TPSA) is 63.3 Å². The van der Waals surface area contributed by atoms with Gasteiger partial charge in [0.2, 0.25) is 0 Å². The predicted molar refractivity (Wildman–Crippen MR) is 55.4 cm³/mol. The second-order valence-electron chi connectivity index (χ2n) is 3.68. The van der Waals surface area contributed by atoms with Gasteiger partial charge in [-0.1, -0.05) is 12.1 Å². The fourth-order valence-corrected chi connectivity index (χ4v) is 1.31. The molecule has 3 nitrogen and oxygen atoms in total. The number of carbonyl (C=O) groups is 1. The molecule has 0 fully saturated rings. The van der Waals surface area contributed by atoms with Crippen molar-refractivity contribution in [1.29, 1.82) is 0 Å². The zero-order chi connectivity index (χ0) is 13.1. The van der Waals surface area contributed by atoms with Crippen molar-refractivity contribution >= 4 is 5.97 Å². The van der Waals surface area contributed by atoms with Gasteiger partial charge in [-0.2, -0.15) is 13.2 Å². The van der Waals surface area contributed by atoms with Crippen molar-refractivity contribution in [3.8, 4) is 0 Å². The number of hydrogen-bond acceptors (Lipinski definition) is 2. The Morgan fingerprint density at radius 3 is 2.24 bits per heavy atom. The molecule has 0 aromatic heterocycles. The van der Waals surface area contributed by atoms with Crippen LogP contribution in [0.25, 0.3) is 0 Å². The molecule has 94 valence electrons. The molecule has 1 atom stereocenters. The lowest BCUT2D eigenvalue weighted by atomic mass is 10.0. The van der Waals surface area contributed by atoms with Gasteiger partial charge in [0.25, 0.3) is 0 Å². The molecule has 0 aliphatic rings. The maximum absolute atomic E-state index is 12.2. The number of alkyl halides is 3. The monoisotopic (exact) mass is 247 g/mol.